The monoisotopic (exact) mass is 426 g/mol. The largest absolute Gasteiger partial charge is 0.179 e. The molecule has 0 saturated carbocycles. The van der Waals surface area contributed by atoms with Gasteiger partial charge in [-0.1, -0.05) is 0 Å². The van der Waals surface area contributed by atoms with Crippen LogP contribution < -0.4 is 0 Å². The molecule has 0 aliphatic carbocycles. The van der Waals surface area contributed by atoms with Gasteiger partial charge in [0, 0.05) is 23.0 Å². The molecule has 0 atom stereocenters. The van der Waals surface area contributed by atoms with Crippen LogP contribution in [0.15, 0.2) is 0 Å². The second-order valence-corrected chi connectivity index (χ2v) is 12.0. The minimum Gasteiger partial charge on any atom is -0.179 e. The van der Waals surface area contributed by atoms with E-state index in [4.69, 9.17) is 12.6 Å². The van der Waals surface area contributed by atoms with Crippen LogP contribution in [0.5, 0.6) is 0 Å². The van der Waals surface area contributed by atoms with E-state index in [1.165, 1.54) is 30.1 Å². The molecule has 0 radical (unpaired) electrons. The van der Waals surface area contributed by atoms with Crippen molar-refractivity contribution in [2.24, 2.45) is 0 Å². The van der Waals surface area contributed by atoms with Gasteiger partial charge in [0.15, 0.2) is 0 Å². The third-order valence-corrected chi connectivity index (χ3v) is 10.3. The van der Waals surface area contributed by atoms with Gasteiger partial charge in [0.05, 0.1) is 0 Å². The van der Waals surface area contributed by atoms with Crippen molar-refractivity contribution in [3.63, 3.8) is 0 Å². The smallest absolute Gasteiger partial charge is 0.113 e. The van der Waals surface area contributed by atoms with Crippen LogP contribution in [0.4, 0.5) is 0 Å². The predicted molar refractivity (Wildman–Crippen MR) is 122 cm³/mol. The molecule has 0 fully saturated rings. The van der Waals surface area contributed by atoms with E-state index in [2.05, 4.69) is 37.9 Å². The Bertz CT molecular complexity index is 194. The second-order valence-electron chi connectivity index (χ2n) is 3.95. The SMILES string of the molecule is SCCSCCCCSCC(S)(SCCS)SCCS. The number of thiol groups is 4. The highest BCUT2D eigenvalue weighted by Crippen LogP contribution is 2.43. The predicted octanol–water partition coefficient (Wildman–Crippen LogP) is 5.07. The Morgan fingerprint density at radius 3 is 1.65 bits per heavy atom. The summed E-state index contributed by atoms with van der Waals surface area (Å²) in [7, 11) is 0. The van der Waals surface area contributed by atoms with Gasteiger partial charge in [-0.15, -0.1) is 23.5 Å². The summed E-state index contributed by atoms with van der Waals surface area (Å²) in [5, 5.41) is 0. The van der Waals surface area contributed by atoms with E-state index in [9.17, 15) is 0 Å². The van der Waals surface area contributed by atoms with Gasteiger partial charge in [0.1, 0.15) is 3.41 Å². The van der Waals surface area contributed by atoms with Gasteiger partial charge < -0.3 is 0 Å². The quantitative estimate of drug-likeness (QED) is 0.164. The van der Waals surface area contributed by atoms with Crippen molar-refractivity contribution in [3.8, 4) is 0 Å². The zero-order chi connectivity index (χ0) is 15.1. The molecule has 20 heavy (non-hydrogen) atoms. The first kappa shape index (κ1) is 22.8. The molecule has 0 N–H and O–H groups in total. The molecular formula is C12H26S8. The molecule has 0 aromatic carbocycles. The van der Waals surface area contributed by atoms with E-state index in [1.54, 1.807) is 0 Å². The maximum Gasteiger partial charge on any atom is 0.113 e. The fourth-order valence-electron chi connectivity index (χ4n) is 1.31. The third-order valence-electron chi connectivity index (χ3n) is 2.19. The van der Waals surface area contributed by atoms with Crippen LogP contribution in [0.1, 0.15) is 12.8 Å². The zero-order valence-corrected chi connectivity index (χ0v) is 18.5. The summed E-state index contributed by atoms with van der Waals surface area (Å²) in [6.45, 7) is 0. The molecule has 0 heterocycles. The fourth-order valence-corrected chi connectivity index (χ4v) is 7.44. The summed E-state index contributed by atoms with van der Waals surface area (Å²) >= 11 is 25.6. The van der Waals surface area contributed by atoms with Crippen LogP contribution >= 0.6 is 97.6 Å². The maximum absolute atomic E-state index is 4.88. The molecule has 0 nitrogen and oxygen atoms in total. The summed E-state index contributed by atoms with van der Waals surface area (Å²) in [6, 6.07) is 0. The highest BCUT2D eigenvalue weighted by atomic mass is 32.3. The molecule has 0 aliphatic rings. The summed E-state index contributed by atoms with van der Waals surface area (Å²) in [6.07, 6.45) is 2.63. The third kappa shape index (κ3) is 14.4. The van der Waals surface area contributed by atoms with Gasteiger partial charge in [-0.2, -0.15) is 74.0 Å². The zero-order valence-electron chi connectivity index (χ0n) is 11.7. The van der Waals surface area contributed by atoms with E-state index < -0.39 is 0 Å². The molecule has 0 bridgehead atoms. The van der Waals surface area contributed by atoms with E-state index in [1.807, 2.05) is 47.0 Å². The number of hydrogen-bond acceptors (Lipinski definition) is 8. The summed E-state index contributed by atoms with van der Waals surface area (Å²) in [4.78, 5) is 0. The highest BCUT2D eigenvalue weighted by molar-refractivity contribution is 8.30. The first-order chi connectivity index (χ1) is 9.68. The van der Waals surface area contributed by atoms with E-state index in [0.29, 0.717) is 0 Å². The van der Waals surface area contributed by atoms with Crippen molar-refractivity contribution >= 4 is 97.6 Å². The molecule has 0 amide bonds. The summed E-state index contributed by atoms with van der Waals surface area (Å²) in [5.74, 6) is 9.74. The maximum atomic E-state index is 4.88. The van der Waals surface area contributed by atoms with Gasteiger partial charge >= 0.3 is 0 Å². The lowest BCUT2D eigenvalue weighted by Gasteiger charge is -2.26. The van der Waals surface area contributed by atoms with Crippen LogP contribution in [0, 0.1) is 0 Å². The molecular weight excluding hydrogens is 401 g/mol. The number of hydrogen-bond donors (Lipinski definition) is 4. The summed E-state index contributed by atoms with van der Waals surface area (Å²) in [5.41, 5.74) is 0. The van der Waals surface area contributed by atoms with Crippen molar-refractivity contribution in [2.75, 3.05) is 51.8 Å². The Morgan fingerprint density at radius 2 is 1.15 bits per heavy atom. The molecule has 0 rings (SSSR count). The van der Waals surface area contributed by atoms with Crippen LogP contribution in [-0.4, -0.2) is 55.2 Å². The molecule has 0 aliphatic heterocycles. The molecule has 0 aromatic heterocycles. The standard InChI is InChI=1S/C12H26S8/c13-3-8-17-6-1-2-7-18-11-12(16,19-9-4-14)20-10-5-15/h13-16H,1-11H2. The first-order valence-corrected chi connectivity index (χ1v) is 13.3. The average molecular weight is 427 g/mol. The van der Waals surface area contributed by atoms with Crippen LogP contribution in [0.25, 0.3) is 0 Å². The Kier molecular flexibility index (Phi) is 19.0. The highest BCUT2D eigenvalue weighted by Gasteiger charge is 2.25. The van der Waals surface area contributed by atoms with Gasteiger partial charge in [-0.3, -0.25) is 0 Å². The van der Waals surface area contributed by atoms with Gasteiger partial charge in [0.25, 0.3) is 0 Å². The van der Waals surface area contributed by atoms with E-state index >= 15 is 0 Å². The van der Waals surface area contributed by atoms with Crippen molar-refractivity contribution in [1.29, 1.82) is 0 Å². The van der Waals surface area contributed by atoms with Gasteiger partial charge in [-0.05, 0) is 41.6 Å². The topological polar surface area (TPSA) is 0 Å². The van der Waals surface area contributed by atoms with Crippen molar-refractivity contribution in [3.05, 3.63) is 0 Å². The lowest BCUT2D eigenvalue weighted by atomic mass is 10.4. The Balaban J connectivity index is 3.67. The molecule has 0 saturated heterocycles. The average Bonchev–Trinajstić information content (AvgIpc) is 2.46. The van der Waals surface area contributed by atoms with E-state index in [0.717, 1.165) is 34.5 Å². The lowest BCUT2D eigenvalue weighted by molar-refractivity contribution is 0.907. The van der Waals surface area contributed by atoms with Crippen LogP contribution in [0.3, 0.4) is 0 Å². The first-order valence-electron chi connectivity index (χ1n) is 6.67. The molecule has 0 aromatic rings. The van der Waals surface area contributed by atoms with E-state index in [-0.39, 0.29) is 3.41 Å². The molecule has 0 unspecified atom stereocenters. The van der Waals surface area contributed by atoms with Crippen LogP contribution in [-0.2, 0) is 0 Å². The normalized spacial score (nSPS) is 12.0. The molecule has 0 spiro atoms. The van der Waals surface area contributed by atoms with Gasteiger partial charge in [-0.25, -0.2) is 0 Å². The summed E-state index contributed by atoms with van der Waals surface area (Å²) < 4.78 is 0.0247. The molecule has 122 valence electrons. The number of rotatable bonds is 15. The molecule has 8 heteroatoms. The van der Waals surface area contributed by atoms with Crippen LogP contribution in [0.2, 0.25) is 0 Å². The van der Waals surface area contributed by atoms with Crippen molar-refractivity contribution in [1.82, 2.24) is 0 Å². The Labute approximate surface area is 164 Å². The van der Waals surface area contributed by atoms with Gasteiger partial charge in [0.2, 0.25) is 0 Å². The Morgan fingerprint density at radius 1 is 0.650 bits per heavy atom. The Hall–Kier alpha value is 2.80. The fraction of sp³-hybridized carbons (Fsp3) is 1.00. The van der Waals surface area contributed by atoms with Crippen molar-refractivity contribution in [2.45, 2.75) is 16.3 Å². The number of thioether (sulfide) groups is 4. The minimum atomic E-state index is 0.0247. The second kappa shape index (κ2) is 16.7. The van der Waals surface area contributed by atoms with Crippen molar-refractivity contribution < 1.29 is 0 Å². The lowest BCUT2D eigenvalue weighted by Crippen LogP contribution is -2.18. The minimum absolute atomic E-state index is 0.0247. The number of unbranched alkanes of at least 4 members (excludes halogenated alkanes) is 1.